The van der Waals surface area contributed by atoms with Crippen molar-refractivity contribution in [2.24, 2.45) is 0 Å². The Kier molecular flexibility index (Phi) is 3.01. The van der Waals surface area contributed by atoms with Crippen LogP contribution in [0, 0.1) is 3.57 Å². The first-order chi connectivity index (χ1) is 8.65. The lowest BCUT2D eigenvalue weighted by Crippen LogP contribution is -2.28. The van der Waals surface area contributed by atoms with Gasteiger partial charge in [0.1, 0.15) is 5.82 Å². The van der Waals surface area contributed by atoms with Gasteiger partial charge < -0.3 is 9.88 Å². The zero-order valence-electron chi connectivity index (χ0n) is 10.1. The van der Waals surface area contributed by atoms with Crippen LogP contribution < -0.4 is 0 Å². The number of nitrogens with one attached hydrogen (secondary N) is 1. The smallest absolute Gasteiger partial charge is 0.220 e. The van der Waals surface area contributed by atoms with Gasteiger partial charge in [0, 0.05) is 17.0 Å². The third-order valence-corrected chi connectivity index (χ3v) is 4.11. The van der Waals surface area contributed by atoms with E-state index in [1.54, 1.807) is 6.92 Å². The number of rotatable bonds is 1. The van der Waals surface area contributed by atoms with Crippen molar-refractivity contribution >= 4 is 39.5 Å². The lowest BCUT2D eigenvalue weighted by molar-refractivity contribution is -0.129. The van der Waals surface area contributed by atoms with Crippen LogP contribution >= 0.6 is 22.6 Å². The molecule has 1 fully saturated rings. The predicted molar refractivity (Wildman–Crippen MR) is 78.2 cm³/mol. The van der Waals surface area contributed by atoms with Crippen LogP contribution in [0.3, 0.4) is 0 Å². The topological polar surface area (TPSA) is 49.0 Å². The average molecular weight is 355 g/mol. The molecule has 2 heterocycles. The van der Waals surface area contributed by atoms with E-state index in [-0.39, 0.29) is 11.9 Å². The molecule has 0 unspecified atom stereocenters. The van der Waals surface area contributed by atoms with E-state index >= 15 is 0 Å². The summed E-state index contributed by atoms with van der Waals surface area (Å²) in [5.41, 5.74) is 2.02. The van der Waals surface area contributed by atoms with E-state index in [1.165, 1.54) is 3.57 Å². The summed E-state index contributed by atoms with van der Waals surface area (Å²) in [6, 6.07) is 6.27. The molecule has 0 spiro atoms. The van der Waals surface area contributed by atoms with E-state index in [1.807, 2.05) is 17.0 Å². The molecule has 2 aromatic rings. The number of aromatic nitrogens is 2. The fourth-order valence-electron chi connectivity index (χ4n) is 2.59. The van der Waals surface area contributed by atoms with Crippen molar-refractivity contribution in [1.29, 1.82) is 0 Å². The van der Waals surface area contributed by atoms with Gasteiger partial charge in [-0.25, -0.2) is 4.98 Å². The monoisotopic (exact) mass is 355 g/mol. The Labute approximate surface area is 119 Å². The highest BCUT2D eigenvalue weighted by Crippen LogP contribution is 2.31. The van der Waals surface area contributed by atoms with Crippen molar-refractivity contribution in [1.82, 2.24) is 14.9 Å². The molecule has 0 aliphatic carbocycles. The van der Waals surface area contributed by atoms with Crippen molar-refractivity contribution in [3.05, 3.63) is 27.6 Å². The highest BCUT2D eigenvalue weighted by Gasteiger charge is 2.30. The van der Waals surface area contributed by atoms with Crippen molar-refractivity contribution in [3.63, 3.8) is 0 Å². The molecule has 1 amide bonds. The SMILES string of the molecule is CC(=O)N1CCC[C@H]1c1nc2ccc(I)cc2[nH]1. The summed E-state index contributed by atoms with van der Waals surface area (Å²) in [6.07, 6.45) is 2.05. The van der Waals surface area contributed by atoms with Crippen LogP contribution in [0.1, 0.15) is 31.6 Å². The minimum absolute atomic E-state index is 0.118. The summed E-state index contributed by atoms with van der Waals surface area (Å²) in [7, 11) is 0. The van der Waals surface area contributed by atoms with Crippen molar-refractivity contribution in [3.8, 4) is 0 Å². The normalized spacial score (nSPS) is 19.7. The maximum absolute atomic E-state index is 11.6. The average Bonchev–Trinajstić information content (AvgIpc) is 2.93. The van der Waals surface area contributed by atoms with E-state index in [9.17, 15) is 4.79 Å². The molecule has 94 valence electrons. The fraction of sp³-hybridized carbons (Fsp3) is 0.385. The molecular weight excluding hydrogens is 341 g/mol. The molecule has 1 atom stereocenters. The Bertz CT molecular complexity index is 607. The van der Waals surface area contributed by atoms with Crippen LogP contribution in [0.25, 0.3) is 11.0 Å². The highest BCUT2D eigenvalue weighted by atomic mass is 127. The summed E-state index contributed by atoms with van der Waals surface area (Å²) in [4.78, 5) is 21.5. The molecule has 0 saturated carbocycles. The molecule has 1 saturated heterocycles. The number of halogens is 1. The summed E-state index contributed by atoms with van der Waals surface area (Å²) in [6.45, 7) is 2.47. The Morgan fingerprint density at radius 2 is 2.39 bits per heavy atom. The molecule has 1 aromatic carbocycles. The molecule has 1 aliphatic heterocycles. The number of carbonyl (C=O) groups is 1. The number of amides is 1. The van der Waals surface area contributed by atoms with Gasteiger partial charge in [0.25, 0.3) is 0 Å². The Hall–Kier alpha value is -1.11. The molecule has 18 heavy (non-hydrogen) atoms. The summed E-state index contributed by atoms with van der Waals surface area (Å²) >= 11 is 2.29. The maximum Gasteiger partial charge on any atom is 0.220 e. The van der Waals surface area contributed by atoms with Gasteiger partial charge in [0.15, 0.2) is 0 Å². The van der Waals surface area contributed by atoms with E-state index < -0.39 is 0 Å². The molecule has 5 heteroatoms. The van der Waals surface area contributed by atoms with Gasteiger partial charge in [-0.05, 0) is 53.6 Å². The number of carbonyl (C=O) groups excluding carboxylic acids is 1. The van der Waals surface area contributed by atoms with Crippen LogP contribution in [0.15, 0.2) is 18.2 Å². The quantitative estimate of drug-likeness (QED) is 0.800. The second kappa shape index (κ2) is 4.53. The minimum atomic E-state index is 0.118. The lowest BCUT2D eigenvalue weighted by Gasteiger charge is -2.21. The fourth-order valence-corrected chi connectivity index (χ4v) is 3.08. The van der Waals surface area contributed by atoms with E-state index in [0.29, 0.717) is 0 Å². The molecule has 0 bridgehead atoms. The van der Waals surface area contributed by atoms with Gasteiger partial charge in [-0.15, -0.1) is 0 Å². The highest BCUT2D eigenvalue weighted by molar-refractivity contribution is 14.1. The van der Waals surface area contributed by atoms with Crippen molar-refractivity contribution < 1.29 is 4.79 Å². The molecule has 0 radical (unpaired) electrons. The third-order valence-electron chi connectivity index (χ3n) is 3.44. The van der Waals surface area contributed by atoms with Crippen LogP contribution in [0.4, 0.5) is 0 Å². The van der Waals surface area contributed by atoms with Crippen LogP contribution in [0.5, 0.6) is 0 Å². The summed E-state index contributed by atoms with van der Waals surface area (Å²) < 4.78 is 1.19. The van der Waals surface area contributed by atoms with Crippen LogP contribution in [-0.4, -0.2) is 27.3 Å². The lowest BCUT2D eigenvalue weighted by atomic mass is 10.2. The van der Waals surface area contributed by atoms with Gasteiger partial charge in [0.2, 0.25) is 5.91 Å². The van der Waals surface area contributed by atoms with E-state index in [4.69, 9.17) is 0 Å². The van der Waals surface area contributed by atoms with Crippen molar-refractivity contribution in [2.75, 3.05) is 6.54 Å². The first kappa shape index (κ1) is 12.0. The largest absolute Gasteiger partial charge is 0.340 e. The maximum atomic E-state index is 11.6. The second-order valence-electron chi connectivity index (χ2n) is 4.65. The Morgan fingerprint density at radius 1 is 1.56 bits per heavy atom. The first-order valence-electron chi connectivity index (χ1n) is 6.07. The number of benzene rings is 1. The van der Waals surface area contributed by atoms with Gasteiger partial charge >= 0.3 is 0 Å². The number of nitrogens with zero attached hydrogens (tertiary/aromatic N) is 2. The minimum Gasteiger partial charge on any atom is -0.340 e. The molecule has 1 aliphatic rings. The molecular formula is C13H14IN3O. The van der Waals surface area contributed by atoms with Gasteiger partial charge in [0.05, 0.1) is 17.1 Å². The van der Waals surface area contributed by atoms with Crippen LogP contribution in [-0.2, 0) is 4.79 Å². The zero-order chi connectivity index (χ0) is 12.7. The van der Waals surface area contributed by atoms with Gasteiger partial charge in [-0.2, -0.15) is 0 Å². The van der Waals surface area contributed by atoms with E-state index in [2.05, 4.69) is 38.6 Å². The Balaban J connectivity index is 2.01. The number of likely N-dealkylation sites (tertiary alicyclic amines) is 1. The predicted octanol–water partition coefficient (Wildman–Crippen LogP) is 2.85. The summed E-state index contributed by atoms with van der Waals surface area (Å²) in [5, 5.41) is 0. The molecule has 4 nitrogen and oxygen atoms in total. The van der Waals surface area contributed by atoms with Gasteiger partial charge in [-0.1, -0.05) is 0 Å². The van der Waals surface area contributed by atoms with Gasteiger partial charge in [-0.3, -0.25) is 4.79 Å². The molecule has 1 aromatic heterocycles. The number of hydrogen-bond donors (Lipinski definition) is 1. The first-order valence-corrected chi connectivity index (χ1v) is 7.15. The summed E-state index contributed by atoms with van der Waals surface area (Å²) in [5.74, 6) is 1.05. The number of imidazole rings is 1. The standard InChI is InChI=1S/C13H14IN3O/c1-8(18)17-6-2-3-12(17)13-15-10-5-4-9(14)7-11(10)16-13/h4-5,7,12H,2-3,6H2,1H3,(H,15,16)/t12-/m0/s1. The number of fused-ring (bicyclic) bond motifs is 1. The number of H-pyrrole nitrogens is 1. The molecule has 3 rings (SSSR count). The number of aromatic amines is 1. The second-order valence-corrected chi connectivity index (χ2v) is 5.90. The van der Waals surface area contributed by atoms with E-state index in [0.717, 1.165) is 36.2 Å². The number of hydrogen-bond acceptors (Lipinski definition) is 2. The zero-order valence-corrected chi connectivity index (χ0v) is 12.3. The van der Waals surface area contributed by atoms with Crippen molar-refractivity contribution in [2.45, 2.75) is 25.8 Å². The third kappa shape index (κ3) is 2.00. The molecule has 1 N–H and O–H groups in total. The Morgan fingerprint density at radius 3 is 3.17 bits per heavy atom. The van der Waals surface area contributed by atoms with Crippen LogP contribution in [0.2, 0.25) is 0 Å².